The second-order valence-corrected chi connectivity index (χ2v) is 6.66. The number of ether oxygens (including phenoxy) is 2. The van der Waals surface area contributed by atoms with Gasteiger partial charge in [0.05, 0.1) is 17.6 Å². The van der Waals surface area contributed by atoms with Gasteiger partial charge in [0, 0.05) is 24.8 Å². The topological polar surface area (TPSA) is 166 Å². The summed E-state index contributed by atoms with van der Waals surface area (Å²) in [6.45, 7) is 1.30. The molecule has 2 heterocycles. The van der Waals surface area contributed by atoms with E-state index in [1.807, 2.05) is 0 Å². The van der Waals surface area contributed by atoms with Gasteiger partial charge in [0.15, 0.2) is 6.23 Å². The van der Waals surface area contributed by atoms with Crippen molar-refractivity contribution in [1.29, 1.82) is 0 Å². The molecule has 0 saturated carbocycles. The smallest absolute Gasteiger partial charge is 0.413 e. The molecule has 3 N–H and O–H groups in total. The van der Waals surface area contributed by atoms with Gasteiger partial charge < -0.3 is 19.7 Å². The number of aliphatic hydroxyl groups is 2. The second kappa shape index (κ2) is 8.98. The third-order valence-electron chi connectivity index (χ3n) is 4.56. The minimum absolute atomic E-state index is 0.0663. The van der Waals surface area contributed by atoms with Crippen molar-refractivity contribution in [2.45, 2.75) is 37.9 Å². The van der Waals surface area contributed by atoms with Crippen molar-refractivity contribution >= 4 is 17.6 Å². The fourth-order valence-electron chi connectivity index (χ4n) is 3.00. The van der Waals surface area contributed by atoms with Crippen LogP contribution < -0.4 is 11.0 Å². The van der Waals surface area contributed by atoms with Crippen LogP contribution in [0.2, 0.25) is 0 Å². The number of aliphatic hydroxyl groups excluding tert-OH is 2. The first kappa shape index (κ1) is 21.4. The molecule has 1 aliphatic heterocycles. The zero-order valence-corrected chi connectivity index (χ0v) is 15.9. The Bertz CT molecular complexity index is 977. The zero-order valence-electron chi connectivity index (χ0n) is 15.9. The van der Waals surface area contributed by atoms with E-state index in [1.54, 1.807) is 6.92 Å². The van der Waals surface area contributed by atoms with Crippen LogP contribution in [0.1, 0.15) is 31.2 Å². The minimum Gasteiger partial charge on any atom is -0.441 e. The number of non-ortho nitro benzene ring substituents is 1. The summed E-state index contributed by atoms with van der Waals surface area (Å²) in [4.78, 5) is 38.2. The first-order valence-corrected chi connectivity index (χ1v) is 9.04. The first-order chi connectivity index (χ1) is 14.3. The summed E-state index contributed by atoms with van der Waals surface area (Å²) in [6.07, 6.45) is -2.63. The van der Waals surface area contributed by atoms with Crippen LogP contribution in [0.25, 0.3) is 0 Å². The van der Waals surface area contributed by atoms with Gasteiger partial charge in [0.2, 0.25) is 0 Å². The molecule has 3 rings (SSSR count). The van der Waals surface area contributed by atoms with Crippen molar-refractivity contribution in [3.8, 4) is 0 Å². The summed E-state index contributed by atoms with van der Waals surface area (Å²) in [7, 11) is 0. The van der Waals surface area contributed by atoms with Crippen molar-refractivity contribution in [3.63, 3.8) is 0 Å². The summed E-state index contributed by atoms with van der Waals surface area (Å²) in [5.41, 5.74) is -0.300. The van der Waals surface area contributed by atoms with Crippen LogP contribution >= 0.6 is 0 Å². The molecule has 1 aromatic heterocycles. The Morgan fingerprint density at radius 1 is 1.43 bits per heavy atom. The number of nitro groups is 1. The number of carbonyl (C=O) groups excluding carboxylic acids is 1. The number of rotatable bonds is 6. The van der Waals surface area contributed by atoms with Crippen molar-refractivity contribution < 1.29 is 29.4 Å². The van der Waals surface area contributed by atoms with Gasteiger partial charge in [-0.1, -0.05) is 0 Å². The molecule has 30 heavy (non-hydrogen) atoms. The van der Waals surface area contributed by atoms with Gasteiger partial charge in [-0.25, -0.2) is 9.59 Å². The van der Waals surface area contributed by atoms with Crippen LogP contribution in [-0.2, 0) is 9.47 Å². The van der Waals surface area contributed by atoms with E-state index in [9.17, 15) is 24.8 Å². The van der Waals surface area contributed by atoms with Crippen LogP contribution in [0.5, 0.6) is 0 Å². The second-order valence-electron chi connectivity index (χ2n) is 6.66. The highest BCUT2D eigenvalue weighted by molar-refractivity contribution is 5.83. The molecule has 1 aliphatic rings. The zero-order chi connectivity index (χ0) is 21.8. The molecular weight excluding hydrogens is 400 g/mol. The number of anilines is 1. The van der Waals surface area contributed by atoms with E-state index in [-0.39, 0.29) is 24.5 Å². The summed E-state index contributed by atoms with van der Waals surface area (Å²) < 4.78 is 11.7. The van der Waals surface area contributed by atoms with Crippen LogP contribution in [0.4, 0.5) is 16.3 Å². The molecule has 160 valence electrons. The number of hydrogen-bond donors (Lipinski definition) is 3. The molecule has 4 unspecified atom stereocenters. The van der Waals surface area contributed by atoms with Crippen molar-refractivity contribution in [2.24, 2.45) is 0 Å². The van der Waals surface area contributed by atoms with E-state index in [2.05, 4.69) is 10.3 Å². The quantitative estimate of drug-likeness (QED) is 0.458. The lowest BCUT2D eigenvalue weighted by Crippen LogP contribution is -2.32. The predicted octanol–water partition coefficient (Wildman–Crippen LogP) is 1.10. The Morgan fingerprint density at radius 3 is 2.70 bits per heavy atom. The third-order valence-corrected chi connectivity index (χ3v) is 4.56. The standard InChI is InChI=1S/C18H20N4O8/c1-10(11-2-4-12(5-3-11)22(27)28)29-18(26)20-15-6-7-21(17(25)19-15)16-14(24)8-13(9-23)30-16/h2-7,10,13-14,16,23-24H,8-9H2,1H3,(H,19,20,25,26). The maximum Gasteiger partial charge on any atom is 0.413 e. The highest BCUT2D eigenvalue weighted by Gasteiger charge is 2.35. The van der Waals surface area contributed by atoms with Crippen LogP contribution in [0, 0.1) is 10.1 Å². The Morgan fingerprint density at radius 2 is 2.13 bits per heavy atom. The van der Waals surface area contributed by atoms with E-state index >= 15 is 0 Å². The molecule has 12 heteroatoms. The lowest BCUT2D eigenvalue weighted by Gasteiger charge is -2.17. The fourth-order valence-corrected chi connectivity index (χ4v) is 3.00. The average molecular weight is 420 g/mol. The van der Waals surface area contributed by atoms with Gasteiger partial charge in [-0.2, -0.15) is 4.98 Å². The van der Waals surface area contributed by atoms with Crippen LogP contribution in [0.3, 0.4) is 0 Å². The largest absolute Gasteiger partial charge is 0.441 e. The van der Waals surface area contributed by atoms with Crippen molar-refractivity contribution in [3.05, 3.63) is 62.7 Å². The fraction of sp³-hybridized carbons (Fsp3) is 0.389. The van der Waals surface area contributed by atoms with E-state index in [0.717, 1.165) is 4.57 Å². The van der Waals surface area contributed by atoms with Gasteiger partial charge in [-0.05, 0) is 30.7 Å². The molecule has 2 aromatic rings. The Kier molecular flexibility index (Phi) is 6.40. The molecule has 0 aliphatic carbocycles. The SMILES string of the molecule is CC(OC(=O)Nc1ccn(C2OC(CO)CC2O)c(=O)n1)c1ccc([N+](=O)[O-])cc1. The molecule has 12 nitrogen and oxygen atoms in total. The molecule has 0 radical (unpaired) electrons. The monoisotopic (exact) mass is 420 g/mol. The summed E-state index contributed by atoms with van der Waals surface area (Å²) in [6, 6.07) is 6.88. The van der Waals surface area contributed by atoms with E-state index in [0.29, 0.717) is 5.56 Å². The van der Waals surface area contributed by atoms with Crippen molar-refractivity contribution in [1.82, 2.24) is 9.55 Å². The summed E-state index contributed by atoms with van der Waals surface area (Å²) in [5.74, 6) is -0.0663. The predicted molar refractivity (Wildman–Crippen MR) is 102 cm³/mol. The Balaban J connectivity index is 1.62. The molecule has 1 amide bonds. The maximum atomic E-state index is 12.2. The number of amides is 1. The van der Waals surface area contributed by atoms with E-state index in [4.69, 9.17) is 14.6 Å². The molecule has 1 saturated heterocycles. The van der Waals surface area contributed by atoms with Gasteiger partial charge >= 0.3 is 11.8 Å². The van der Waals surface area contributed by atoms with E-state index < -0.39 is 41.2 Å². The molecule has 4 atom stereocenters. The molecule has 0 spiro atoms. The van der Waals surface area contributed by atoms with Crippen LogP contribution in [-0.4, -0.2) is 49.6 Å². The van der Waals surface area contributed by atoms with E-state index in [1.165, 1.54) is 36.5 Å². The molecule has 1 aromatic carbocycles. The number of benzene rings is 1. The number of aromatic nitrogens is 2. The summed E-state index contributed by atoms with van der Waals surface area (Å²) in [5, 5.41) is 32.1. The number of nitrogens with zero attached hydrogens (tertiary/aromatic N) is 3. The Hall–Kier alpha value is -3.35. The number of nitrogens with one attached hydrogen (secondary N) is 1. The van der Waals surface area contributed by atoms with Gasteiger partial charge in [0.25, 0.3) is 5.69 Å². The number of hydrogen-bond acceptors (Lipinski definition) is 9. The van der Waals surface area contributed by atoms with Gasteiger partial charge in [-0.15, -0.1) is 0 Å². The lowest BCUT2D eigenvalue weighted by molar-refractivity contribution is -0.384. The van der Waals surface area contributed by atoms with Gasteiger partial charge in [0.1, 0.15) is 18.0 Å². The minimum atomic E-state index is -0.981. The molecule has 1 fully saturated rings. The lowest BCUT2D eigenvalue weighted by atomic mass is 10.1. The highest BCUT2D eigenvalue weighted by atomic mass is 16.6. The first-order valence-electron chi connectivity index (χ1n) is 9.04. The summed E-state index contributed by atoms with van der Waals surface area (Å²) >= 11 is 0. The van der Waals surface area contributed by atoms with Crippen molar-refractivity contribution in [2.75, 3.05) is 11.9 Å². The average Bonchev–Trinajstić information content (AvgIpc) is 3.08. The molecular formula is C18H20N4O8. The highest BCUT2D eigenvalue weighted by Crippen LogP contribution is 2.27. The Labute approximate surface area is 169 Å². The van der Waals surface area contributed by atoms with Crippen LogP contribution in [0.15, 0.2) is 41.3 Å². The van der Waals surface area contributed by atoms with Gasteiger partial charge in [-0.3, -0.25) is 20.0 Å². The normalized spacial score (nSPS) is 21.8. The maximum absolute atomic E-state index is 12.2. The molecule has 0 bridgehead atoms. The number of nitro benzene ring substituents is 1. The third kappa shape index (κ3) is 4.79. The number of carbonyl (C=O) groups is 1.